The minimum absolute atomic E-state index is 0.0176. The number of benzene rings is 1. The monoisotopic (exact) mass is 276 g/mol. The van der Waals surface area contributed by atoms with Crippen molar-refractivity contribution in [3.05, 3.63) is 28.9 Å². The van der Waals surface area contributed by atoms with Gasteiger partial charge >= 0.3 is 0 Å². The molecule has 2 N–H and O–H groups in total. The van der Waals surface area contributed by atoms with Crippen LogP contribution in [0.1, 0.15) is 37.9 Å². The number of aliphatic hydroxyl groups excluding tert-OH is 1. The summed E-state index contributed by atoms with van der Waals surface area (Å²) in [5, 5.41) is 19.5. The van der Waals surface area contributed by atoms with Crippen molar-refractivity contribution >= 4 is 22.5 Å². The summed E-state index contributed by atoms with van der Waals surface area (Å²) in [6.07, 6.45) is 4.90. The van der Waals surface area contributed by atoms with E-state index in [0.29, 0.717) is 5.02 Å². The van der Waals surface area contributed by atoms with Crippen molar-refractivity contribution in [1.82, 2.24) is 10.2 Å². The minimum atomic E-state index is -0.470. The summed E-state index contributed by atoms with van der Waals surface area (Å²) in [7, 11) is 0. The second-order valence-corrected chi connectivity index (χ2v) is 6.99. The van der Waals surface area contributed by atoms with Gasteiger partial charge in [0.05, 0.1) is 17.8 Å². The van der Waals surface area contributed by atoms with E-state index in [1.165, 1.54) is 6.42 Å². The highest BCUT2D eigenvalue weighted by molar-refractivity contribution is 6.31. The van der Waals surface area contributed by atoms with E-state index in [1.807, 2.05) is 12.1 Å². The van der Waals surface area contributed by atoms with E-state index >= 15 is 0 Å². The van der Waals surface area contributed by atoms with Gasteiger partial charge in [0, 0.05) is 16.0 Å². The number of aromatic nitrogens is 2. The number of H-pyrrole nitrogens is 1. The largest absolute Gasteiger partial charge is 0.388 e. The molecule has 2 fully saturated rings. The first kappa shape index (κ1) is 11.7. The normalized spacial score (nSPS) is 34.5. The van der Waals surface area contributed by atoms with Crippen molar-refractivity contribution in [2.75, 3.05) is 0 Å². The molecule has 2 saturated carbocycles. The summed E-state index contributed by atoms with van der Waals surface area (Å²) >= 11 is 6.16. The van der Waals surface area contributed by atoms with Crippen LogP contribution in [0, 0.1) is 17.3 Å². The van der Waals surface area contributed by atoms with Gasteiger partial charge in [0.25, 0.3) is 0 Å². The summed E-state index contributed by atoms with van der Waals surface area (Å²) in [5.41, 5.74) is 1.79. The Morgan fingerprint density at radius 3 is 2.89 bits per heavy atom. The van der Waals surface area contributed by atoms with Crippen LogP contribution in [0.4, 0.5) is 0 Å². The fraction of sp³-hybridized carbons (Fsp3) is 0.533. The molecule has 0 spiro atoms. The number of hydrogen-bond acceptors (Lipinski definition) is 2. The number of aromatic amines is 1. The zero-order chi connectivity index (χ0) is 13.2. The molecule has 3 unspecified atom stereocenters. The van der Waals surface area contributed by atoms with Crippen molar-refractivity contribution in [2.45, 2.75) is 32.3 Å². The summed E-state index contributed by atoms with van der Waals surface area (Å²) in [6.45, 7) is 2.20. The number of hydrogen-bond donors (Lipinski definition) is 2. The molecule has 1 heterocycles. The number of halogens is 1. The van der Waals surface area contributed by atoms with Gasteiger partial charge in [-0.2, -0.15) is 5.10 Å². The van der Waals surface area contributed by atoms with Gasteiger partial charge < -0.3 is 5.11 Å². The first-order valence-corrected chi connectivity index (χ1v) is 7.25. The molecule has 0 aliphatic heterocycles. The molecule has 4 rings (SSSR count). The standard InChI is InChI=1S/C15H17ClN2O/c1-15(5-8-2-9(8)6-15)14(19)12-4-11(16)3-10-7-17-18-13(10)12/h3-4,7-9,14,19H,2,5-6H2,1H3,(H,17,18). The van der Waals surface area contributed by atoms with E-state index in [2.05, 4.69) is 17.1 Å². The van der Waals surface area contributed by atoms with Crippen LogP contribution in [-0.2, 0) is 0 Å². The van der Waals surface area contributed by atoms with Crippen LogP contribution in [0.3, 0.4) is 0 Å². The molecule has 4 heteroatoms. The van der Waals surface area contributed by atoms with E-state index in [-0.39, 0.29) is 5.41 Å². The number of nitrogens with zero attached hydrogens (tertiary/aromatic N) is 1. The molecule has 100 valence electrons. The van der Waals surface area contributed by atoms with Crippen molar-refractivity contribution < 1.29 is 5.11 Å². The molecule has 0 bridgehead atoms. The van der Waals surface area contributed by atoms with Crippen molar-refractivity contribution in [3.8, 4) is 0 Å². The van der Waals surface area contributed by atoms with Crippen molar-refractivity contribution in [2.24, 2.45) is 17.3 Å². The lowest BCUT2D eigenvalue weighted by Crippen LogP contribution is -2.24. The molecular formula is C15H17ClN2O. The predicted octanol–water partition coefficient (Wildman–Crippen LogP) is 3.69. The van der Waals surface area contributed by atoms with Crippen LogP contribution in [0.5, 0.6) is 0 Å². The van der Waals surface area contributed by atoms with Crippen LogP contribution < -0.4 is 0 Å². The Kier molecular flexibility index (Phi) is 2.31. The third-order valence-corrected chi connectivity index (χ3v) is 5.24. The molecule has 0 amide bonds. The molecule has 2 aliphatic carbocycles. The van der Waals surface area contributed by atoms with Gasteiger partial charge in [-0.1, -0.05) is 18.5 Å². The summed E-state index contributed by atoms with van der Waals surface area (Å²) < 4.78 is 0. The lowest BCUT2D eigenvalue weighted by atomic mass is 9.76. The van der Waals surface area contributed by atoms with Gasteiger partial charge in [-0.05, 0) is 48.6 Å². The number of fused-ring (bicyclic) bond motifs is 2. The Hall–Kier alpha value is -1.06. The first-order chi connectivity index (χ1) is 9.07. The van der Waals surface area contributed by atoms with Crippen LogP contribution >= 0.6 is 11.6 Å². The average molecular weight is 277 g/mol. The van der Waals surface area contributed by atoms with E-state index in [4.69, 9.17) is 11.6 Å². The Labute approximate surface area is 117 Å². The molecule has 1 aromatic carbocycles. The maximum atomic E-state index is 10.9. The maximum Gasteiger partial charge on any atom is 0.0865 e. The third kappa shape index (κ3) is 1.72. The van der Waals surface area contributed by atoms with Gasteiger partial charge in [0.15, 0.2) is 0 Å². The Balaban J connectivity index is 1.79. The fourth-order valence-corrected chi connectivity index (χ4v) is 4.19. The van der Waals surface area contributed by atoms with E-state index in [1.54, 1.807) is 6.20 Å². The van der Waals surface area contributed by atoms with E-state index in [9.17, 15) is 5.11 Å². The summed E-state index contributed by atoms with van der Waals surface area (Å²) in [4.78, 5) is 0. The fourth-order valence-electron chi connectivity index (χ4n) is 3.95. The highest BCUT2D eigenvalue weighted by Crippen LogP contribution is 2.63. The van der Waals surface area contributed by atoms with Crippen molar-refractivity contribution in [3.63, 3.8) is 0 Å². The Bertz CT molecular complexity index is 641. The highest BCUT2D eigenvalue weighted by atomic mass is 35.5. The third-order valence-electron chi connectivity index (χ3n) is 5.02. The van der Waals surface area contributed by atoms with Crippen LogP contribution in [0.25, 0.3) is 10.9 Å². The van der Waals surface area contributed by atoms with E-state index in [0.717, 1.165) is 41.1 Å². The van der Waals surface area contributed by atoms with Gasteiger partial charge in [-0.25, -0.2) is 0 Å². The van der Waals surface area contributed by atoms with E-state index < -0.39 is 6.10 Å². The molecule has 3 atom stereocenters. The minimum Gasteiger partial charge on any atom is -0.388 e. The van der Waals surface area contributed by atoms with Crippen molar-refractivity contribution in [1.29, 1.82) is 0 Å². The lowest BCUT2D eigenvalue weighted by Gasteiger charge is -2.32. The van der Waals surface area contributed by atoms with Gasteiger partial charge in [-0.3, -0.25) is 5.10 Å². The molecule has 2 aromatic rings. The quantitative estimate of drug-likeness (QED) is 0.879. The molecule has 19 heavy (non-hydrogen) atoms. The van der Waals surface area contributed by atoms with Gasteiger partial charge in [0.1, 0.15) is 0 Å². The number of nitrogens with one attached hydrogen (secondary N) is 1. The topological polar surface area (TPSA) is 48.9 Å². The molecular weight excluding hydrogens is 260 g/mol. The maximum absolute atomic E-state index is 10.9. The first-order valence-electron chi connectivity index (χ1n) is 6.87. The second-order valence-electron chi connectivity index (χ2n) is 6.55. The van der Waals surface area contributed by atoms with Crippen LogP contribution in [0.2, 0.25) is 5.02 Å². The lowest BCUT2D eigenvalue weighted by molar-refractivity contribution is 0.0326. The average Bonchev–Trinajstić information content (AvgIpc) is 2.79. The number of rotatable bonds is 2. The summed E-state index contributed by atoms with van der Waals surface area (Å²) in [6, 6.07) is 3.76. The highest BCUT2D eigenvalue weighted by Gasteiger charge is 2.54. The van der Waals surface area contributed by atoms with Crippen LogP contribution in [0.15, 0.2) is 18.3 Å². The molecule has 0 saturated heterocycles. The van der Waals surface area contributed by atoms with Gasteiger partial charge in [-0.15, -0.1) is 0 Å². The zero-order valence-electron chi connectivity index (χ0n) is 10.9. The molecule has 3 nitrogen and oxygen atoms in total. The molecule has 0 radical (unpaired) electrons. The molecule has 1 aromatic heterocycles. The summed E-state index contributed by atoms with van der Waals surface area (Å²) in [5.74, 6) is 1.69. The smallest absolute Gasteiger partial charge is 0.0865 e. The number of aliphatic hydroxyl groups is 1. The predicted molar refractivity (Wildman–Crippen MR) is 75.0 cm³/mol. The SMILES string of the molecule is CC1(C(O)c2cc(Cl)cc3cn[nH]c23)CC2CC2C1. The molecule has 2 aliphatic rings. The Morgan fingerprint density at radius 1 is 1.42 bits per heavy atom. The second kappa shape index (κ2) is 3.74. The van der Waals surface area contributed by atoms with Gasteiger partial charge in [0.2, 0.25) is 0 Å². The zero-order valence-corrected chi connectivity index (χ0v) is 11.6. The van der Waals surface area contributed by atoms with Crippen LogP contribution in [-0.4, -0.2) is 15.3 Å². The Morgan fingerprint density at radius 2 is 2.16 bits per heavy atom.